The third-order valence-corrected chi connectivity index (χ3v) is 6.60. The molecule has 2 heterocycles. The summed E-state index contributed by atoms with van der Waals surface area (Å²) in [5.74, 6) is -0.209. The van der Waals surface area contributed by atoms with Crippen LogP contribution in [0.3, 0.4) is 0 Å². The first kappa shape index (κ1) is 19.8. The molecule has 9 heteroatoms. The average Bonchev–Trinajstić information content (AvgIpc) is 2.64. The van der Waals surface area contributed by atoms with Gasteiger partial charge in [0, 0.05) is 32.4 Å². The molecule has 144 valence electrons. The Hall–Kier alpha value is -2.00. The van der Waals surface area contributed by atoms with Crippen LogP contribution in [0.1, 0.15) is 5.56 Å². The zero-order chi connectivity index (χ0) is 19.4. The average molecular weight is 409 g/mol. The van der Waals surface area contributed by atoms with Gasteiger partial charge in [-0.3, -0.25) is 9.69 Å². The summed E-state index contributed by atoms with van der Waals surface area (Å²) in [5.41, 5.74) is 1.48. The third kappa shape index (κ3) is 4.84. The van der Waals surface area contributed by atoms with Crippen LogP contribution in [-0.2, 0) is 14.8 Å². The molecule has 7 nitrogen and oxygen atoms in total. The lowest BCUT2D eigenvalue weighted by molar-refractivity contribution is -0.117. The number of sulfonamides is 1. The van der Waals surface area contributed by atoms with E-state index in [4.69, 9.17) is 11.6 Å². The largest absolute Gasteiger partial charge is 0.322 e. The molecule has 0 aliphatic carbocycles. The van der Waals surface area contributed by atoms with Crippen LogP contribution in [-0.4, -0.2) is 61.2 Å². The summed E-state index contributed by atoms with van der Waals surface area (Å²) in [6.45, 7) is 3.75. The number of rotatable bonds is 5. The molecule has 0 atom stereocenters. The number of aryl methyl sites for hydroxylation is 1. The quantitative estimate of drug-likeness (QED) is 0.765. The van der Waals surface area contributed by atoms with Crippen molar-refractivity contribution in [2.45, 2.75) is 11.8 Å². The minimum absolute atomic E-state index is 0.170. The first-order chi connectivity index (χ1) is 12.9. The highest BCUT2D eigenvalue weighted by Crippen LogP contribution is 2.19. The molecule has 1 aromatic carbocycles. The maximum atomic E-state index is 12.7. The van der Waals surface area contributed by atoms with Crippen molar-refractivity contribution in [3.05, 3.63) is 53.3 Å². The SMILES string of the molecule is Cc1ccc(S(=O)(=O)N2CCN(CC(=O)Nc3cccnc3Cl)CC2)cc1. The third-order valence-electron chi connectivity index (χ3n) is 4.39. The van der Waals surface area contributed by atoms with E-state index >= 15 is 0 Å². The Labute approximate surface area is 164 Å². The van der Waals surface area contributed by atoms with Gasteiger partial charge >= 0.3 is 0 Å². The van der Waals surface area contributed by atoms with E-state index in [1.165, 1.54) is 4.31 Å². The maximum Gasteiger partial charge on any atom is 0.243 e. The molecule has 27 heavy (non-hydrogen) atoms. The van der Waals surface area contributed by atoms with Crippen molar-refractivity contribution in [2.24, 2.45) is 0 Å². The fraction of sp³-hybridized carbons (Fsp3) is 0.333. The second kappa shape index (κ2) is 8.35. The van der Waals surface area contributed by atoms with Crippen molar-refractivity contribution in [1.29, 1.82) is 0 Å². The first-order valence-electron chi connectivity index (χ1n) is 8.56. The summed E-state index contributed by atoms with van der Waals surface area (Å²) in [5, 5.41) is 2.96. The fourth-order valence-corrected chi connectivity index (χ4v) is 4.45. The first-order valence-corrected chi connectivity index (χ1v) is 10.4. The number of benzene rings is 1. The van der Waals surface area contributed by atoms with E-state index in [0.717, 1.165) is 5.56 Å². The fourth-order valence-electron chi connectivity index (χ4n) is 2.86. The monoisotopic (exact) mass is 408 g/mol. The molecular weight excluding hydrogens is 388 g/mol. The van der Waals surface area contributed by atoms with Crippen molar-refractivity contribution in [2.75, 3.05) is 38.0 Å². The summed E-state index contributed by atoms with van der Waals surface area (Å²) < 4.78 is 26.9. The number of carbonyl (C=O) groups excluding carboxylic acids is 1. The molecule has 2 aromatic rings. The number of aromatic nitrogens is 1. The molecule has 1 amide bonds. The molecule has 0 unspecified atom stereocenters. The summed E-state index contributed by atoms with van der Waals surface area (Å²) in [7, 11) is -3.50. The van der Waals surface area contributed by atoms with Gasteiger partial charge in [-0.2, -0.15) is 4.31 Å². The number of nitrogens with zero attached hydrogens (tertiary/aromatic N) is 3. The van der Waals surface area contributed by atoms with E-state index in [-0.39, 0.29) is 17.6 Å². The van der Waals surface area contributed by atoms with Crippen LogP contribution >= 0.6 is 11.6 Å². The van der Waals surface area contributed by atoms with E-state index in [2.05, 4.69) is 10.3 Å². The maximum absolute atomic E-state index is 12.7. The molecular formula is C18H21ClN4O3S. The lowest BCUT2D eigenvalue weighted by Crippen LogP contribution is -2.50. The zero-order valence-corrected chi connectivity index (χ0v) is 16.5. The number of carbonyl (C=O) groups is 1. The molecule has 0 radical (unpaired) electrons. The van der Waals surface area contributed by atoms with E-state index < -0.39 is 10.0 Å². The van der Waals surface area contributed by atoms with Crippen LogP contribution in [0.25, 0.3) is 0 Å². The van der Waals surface area contributed by atoms with Gasteiger partial charge in [-0.15, -0.1) is 0 Å². The Balaban J connectivity index is 1.55. The van der Waals surface area contributed by atoms with Crippen molar-refractivity contribution in [3.8, 4) is 0 Å². The second-order valence-corrected chi connectivity index (χ2v) is 8.68. The highest BCUT2D eigenvalue weighted by atomic mass is 35.5. The Kier molecular flexibility index (Phi) is 6.11. The molecule has 1 saturated heterocycles. The number of halogens is 1. The van der Waals surface area contributed by atoms with Crippen LogP contribution in [0.15, 0.2) is 47.5 Å². The van der Waals surface area contributed by atoms with E-state index in [1.807, 2.05) is 11.8 Å². The van der Waals surface area contributed by atoms with Crippen molar-refractivity contribution in [3.63, 3.8) is 0 Å². The van der Waals surface area contributed by atoms with Crippen LogP contribution in [0.4, 0.5) is 5.69 Å². The number of anilines is 1. The molecule has 1 aliphatic rings. The number of pyridine rings is 1. The van der Waals surface area contributed by atoms with Crippen LogP contribution in [0, 0.1) is 6.92 Å². The minimum atomic E-state index is -3.50. The predicted octanol–water partition coefficient (Wildman–Crippen LogP) is 1.99. The van der Waals surface area contributed by atoms with Gasteiger partial charge in [-0.25, -0.2) is 13.4 Å². The van der Waals surface area contributed by atoms with Gasteiger partial charge in [0.2, 0.25) is 15.9 Å². The number of hydrogen-bond donors (Lipinski definition) is 1. The van der Waals surface area contributed by atoms with Crippen molar-refractivity contribution >= 4 is 33.2 Å². The highest BCUT2D eigenvalue weighted by molar-refractivity contribution is 7.89. The van der Waals surface area contributed by atoms with Gasteiger partial charge in [0.15, 0.2) is 5.15 Å². The van der Waals surface area contributed by atoms with Gasteiger partial charge < -0.3 is 5.32 Å². The van der Waals surface area contributed by atoms with Crippen molar-refractivity contribution in [1.82, 2.24) is 14.2 Å². The Morgan fingerprint density at radius 2 is 1.81 bits per heavy atom. The molecule has 0 saturated carbocycles. The molecule has 0 bridgehead atoms. The molecule has 0 spiro atoms. The van der Waals surface area contributed by atoms with Gasteiger partial charge in [0.05, 0.1) is 17.1 Å². The minimum Gasteiger partial charge on any atom is -0.322 e. The Bertz CT molecular complexity index is 910. The summed E-state index contributed by atoms with van der Waals surface area (Å²) in [4.78, 5) is 18.3. The summed E-state index contributed by atoms with van der Waals surface area (Å²) in [6.07, 6.45) is 1.55. The normalized spacial score (nSPS) is 16.2. The predicted molar refractivity (Wildman–Crippen MR) is 104 cm³/mol. The van der Waals surface area contributed by atoms with Gasteiger partial charge in [0.1, 0.15) is 0 Å². The molecule has 1 aromatic heterocycles. The van der Waals surface area contributed by atoms with Crippen LogP contribution in [0.5, 0.6) is 0 Å². The smallest absolute Gasteiger partial charge is 0.243 e. The summed E-state index contributed by atoms with van der Waals surface area (Å²) >= 11 is 5.94. The Morgan fingerprint density at radius 1 is 1.15 bits per heavy atom. The molecule has 1 fully saturated rings. The van der Waals surface area contributed by atoms with E-state index in [1.54, 1.807) is 42.6 Å². The lowest BCUT2D eigenvalue weighted by atomic mass is 10.2. The van der Waals surface area contributed by atoms with Crippen molar-refractivity contribution < 1.29 is 13.2 Å². The van der Waals surface area contributed by atoms with Crippen LogP contribution in [0.2, 0.25) is 5.15 Å². The van der Waals surface area contributed by atoms with Crippen LogP contribution < -0.4 is 5.32 Å². The van der Waals surface area contributed by atoms with E-state index in [0.29, 0.717) is 36.8 Å². The number of piperazine rings is 1. The topological polar surface area (TPSA) is 82.6 Å². The van der Waals surface area contributed by atoms with Gasteiger partial charge in [-0.1, -0.05) is 29.3 Å². The Morgan fingerprint density at radius 3 is 2.44 bits per heavy atom. The number of nitrogens with one attached hydrogen (secondary N) is 1. The van der Waals surface area contributed by atoms with E-state index in [9.17, 15) is 13.2 Å². The molecule has 1 aliphatic heterocycles. The highest BCUT2D eigenvalue weighted by Gasteiger charge is 2.29. The lowest BCUT2D eigenvalue weighted by Gasteiger charge is -2.33. The second-order valence-electron chi connectivity index (χ2n) is 6.38. The molecule has 3 rings (SSSR count). The van der Waals surface area contributed by atoms with Gasteiger partial charge in [-0.05, 0) is 31.2 Å². The number of amides is 1. The van der Waals surface area contributed by atoms with Gasteiger partial charge in [0.25, 0.3) is 0 Å². The standard InChI is InChI=1S/C18H21ClN4O3S/c1-14-4-6-15(7-5-14)27(25,26)23-11-9-22(10-12-23)13-17(24)21-16-3-2-8-20-18(16)19/h2-8H,9-13H2,1H3,(H,21,24). The zero-order valence-electron chi connectivity index (χ0n) is 14.9. The summed E-state index contributed by atoms with van der Waals surface area (Å²) in [6, 6.07) is 10.2. The molecule has 1 N–H and O–H groups in total. The number of hydrogen-bond acceptors (Lipinski definition) is 5.